The number of nitrogens with zero attached hydrogens (tertiary/aromatic N) is 2. The summed E-state index contributed by atoms with van der Waals surface area (Å²) < 4.78 is 0. The predicted molar refractivity (Wildman–Crippen MR) is 45.0 cm³/mol. The van der Waals surface area contributed by atoms with Crippen molar-refractivity contribution in [1.82, 2.24) is 15.5 Å². The normalized spacial score (nSPS) is 23.1. The topological polar surface area (TPSA) is 73.8 Å². The van der Waals surface area contributed by atoms with Crippen LogP contribution in [0.4, 0.5) is 0 Å². The van der Waals surface area contributed by atoms with Gasteiger partial charge in [-0.3, -0.25) is 14.9 Å². The average Bonchev–Trinajstić information content (AvgIpc) is 2.49. The highest BCUT2D eigenvalue weighted by molar-refractivity contribution is 6.43. The van der Waals surface area contributed by atoms with Gasteiger partial charge in [0.25, 0.3) is 0 Å². The monoisotopic (exact) mass is 182 g/mol. The molecular formula is C7H10N4O2. The molecule has 0 bridgehead atoms. The van der Waals surface area contributed by atoms with Crippen LogP contribution < -0.4 is 10.6 Å². The van der Waals surface area contributed by atoms with Crippen molar-refractivity contribution in [3.8, 4) is 0 Å². The van der Waals surface area contributed by atoms with E-state index in [4.69, 9.17) is 0 Å². The second kappa shape index (κ2) is 3.14. The Morgan fingerprint density at radius 2 is 1.92 bits per heavy atom. The van der Waals surface area contributed by atoms with Gasteiger partial charge in [0, 0.05) is 26.2 Å². The number of nitrogens with one attached hydrogen (secondary N) is 2. The zero-order valence-corrected chi connectivity index (χ0v) is 7.04. The Morgan fingerprint density at radius 3 is 2.46 bits per heavy atom. The molecule has 2 aliphatic rings. The van der Waals surface area contributed by atoms with Crippen LogP contribution in [-0.4, -0.2) is 48.9 Å². The van der Waals surface area contributed by atoms with E-state index in [1.807, 2.05) is 4.90 Å². The molecule has 6 nitrogen and oxygen atoms in total. The van der Waals surface area contributed by atoms with Crippen LogP contribution in [0.5, 0.6) is 0 Å². The SMILES string of the molecule is O=C1N=C(N2CCNCC2)NC1=O. The molecule has 2 amide bonds. The summed E-state index contributed by atoms with van der Waals surface area (Å²) in [4.78, 5) is 27.1. The Bertz CT molecular complexity index is 280. The molecule has 2 rings (SSSR count). The minimum atomic E-state index is -0.700. The lowest BCUT2D eigenvalue weighted by Crippen LogP contribution is -2.50. The quantitative estimate of drug-likeness (QED) is 0.421. The van der Waals surface area contributed by atoms with Crippen LogP contribution in [0.25, 0.3) is 0 Å². The van der Waals surface area contributed by atoms with E-state index in [1.165, 1.54) is 0 Å². The van der Waals surface area contributed by atoms with Gasteiger partial charge in [0.1, 0.15) is 0 Å². The van der Waals surface area contributed by atoms with Gasteiger partial charge >= 0.3 is 11.8 Å². The van der Waals surface area contributed by atoms with Crippen LogP contribution >= 0.6 is 0 Å². The Balaban J connectivity index is 2.05. The Hall–Kier alpha value is -1.43. The lowest BCUT2D eigenvalue weighted by atomic mass is 10.4. The summed E-state index contributed by atoms with van der Waals surface area (Å²) in [5, 5.41) is 5.60. The summed E-state index contributed by atoms with van der Waals surface area (Å²) in [6, 6.07) is 0. The van der Waals surface area contributed by atoms with Gasteiger partial charge in [-0.05, 0) is 0 Å². The highest BCUT2D eigenvalue weighted by atomic mass is 16.2. The number of carbonyl (C=O) groups excluding carboxylic acids is 2. The number of rotatable bonds is 0. The molecule has 0 aliphatic carbocycles. The van der Waals surface area contributed by atoms with Crippen molar-refractivity contribution < 1.29 is 9.59 Å². The van der Waals surface area contributed by atoms with Gasteiger partial charge in [0.2, 0.25) is 5.96 Å². The molecule has 1 saturated heterocycles. The van der Waals surface area contributed by atoms with E-state index in [2.05, 4.69) is 15.6 Å². The fraction of sp³-hybridized carbons (Fsp3) is 0.571. The second-order valence-electron chi connectivity index (χ2n) is 2.93. The molecule has 6 heteroatoms. The molecule has 13 heavy (non-hydrogen) atoms. The number of piperazine rings is 1. The first-order valence-electron chi connectivity index (χ1n) is 4.17. The van der Waals surface area contributed by atoms with Gasteiger partial charge in [-0.2, -0.15) is 4.99 Å². The number of hydrogen-bond donors (Lipinski definition) is 2. The zero-order chi connectivity index (χ0) is 9.26. The number of hydrogen-bond acceptors (Lipinski definition) is 4. The maximum absolute atomic E-state index is 10.8. The molecule has 0 unspecified atom stereocenters. The number of aliphatic imine (C=N–C) groups is 1. The van der Waals surface area contributed by atoms with Gasteiger partial charge in [-0.1, -0.05) is 0 Å². The molecule has 2 aliphatic heterocycles. The molecule has 0 aromatic carbocycles. The number of guanidine groups is 1. The minimum absolute atomic E-state index is 0.400. The molecule has 1 fully saturated rings. The second-order valence-corrected chi connectivity index (χ2v) is 2.93. The molecular weight excluding hydrogens is 172 g/mol. The first kappa shape index (κ1) is 8.18. The lowest BCUT2D eigenvalue weighted by Gasteiger charge is -2.28. The molecule has 2 N–H and O–H groups in total. The van der Waals surface area contributed by atoms with Crippen molar-refractivity contribution in [2.45, 2.75) is 0 Å². The van der Waals surface area contributed by atoms with Crippen LogP contribution in [0, 0.1) is 0 Å². The average molecular weight is 182 g/mol. The van der Waals surface area contributed by atoms with Crippen molar-refractivity contribution in [3.05, 3.63) is 0 Å². The predicted octanol–water partition coefficient (Wildman–Crippen LogP) is -2.10. The summed E-state index contributed by atoms with van der Waals surface area (Å²) in [5.74, 6) is -0.932. The van der Waals surface area contributed by atoms with E-state index >= 15 is 0 Å². The first-order chi connectivity index (χ1) is 6.27. The van der Waals surface area contributed by atoms with Gasteiger partial charge in [0.15, 0.2) is 0 Å². The standard InChI is InChI=1S/C7H10N4O2/c12-5-6(13)10-7(9-5)11-3-1-8-2-4-11/h8H,1-4H2,(H,9,10,12,13). The lowest BCUT2D eigenvalue weighted by molar-refractivity contribution is -0.135. The number of amides is 2. The van der Waals surface area contributed by atoms with Crippen LogP contribution in [0.3, 0.4) is 0 Å². The molecule has 0 aromatic heterocycles. The summed E-state index contributed by atoms with van der Waals surface area (Å²) >= 11 is 0. The largest absolute Gasteiger partial charge is 0.340 e. The molecule has 0 aromatic rings. The maximum Gasteiger partial charge on any atom is 0.338 e. The van der Waals surface area contributed by atoms with E-state index in [-0.39, 0.29) is 0 Å². The van der Waals surface area contributed by atoms with Gasteiger partial charge in [0.05, 0.1) is 0 Å². The van der Waals surface area contributed by atoms with Gasteiger partial charge in [-0.15, -0.1) is 0 Å². The van der Waals surface area contributed by atoms with E-state index in [0.717, 1.165) is 26.2 Å². The minimum Gasteiger partial charge on any atom is -0.340 e. The van der Waals surface area contributed by atoms with E-state index in [0.29, 0.717) is 5.96 Å². The molecule has 70 valence electrons. The van der Waals surface area contributed by atoms with Crippen LogP contribution in [-0.2, 0) is 9.59 Å². The van der Waals surface area contributed by atoms with Crippen molar-refractivity contribution in [1.29, 1.82) is 0 Å². The summed E-state index contributed by atoms with van der Waals surface area (Å²) in [6.45, 7) is 3.24. The summed E-state index contributed by atoms with van der Waals surface area (Å²) in [5.41, 5.74) is 0. The zero-order valence-electron chi connectivity index (χ0n) is 7.04. The summed E-state index contributed by atoms with van der Waals surface area (Å²) in [6.07, 6.45) is 0. The molecule has 0 spiro atoms. The fourth-order valence-corrected chi connectivity index (χ4v) is 1.36. The Kier molecular flexibility index (Phi) is 1.97. The van der Waals surface area contributed by atoms with E-state index < -0.39 is 11.8 Å². The molecule has 0 atom stereocenters. The Labute approximate surface area is 75.0 Å². The Morgan fingerprint density at radius 1 is 1.23 bits per heavy atom. The summed E-state index contributed by atoms with van der Waals surface area (Å²) in [7, 11) is 0. The van der Waals surface area contributed by atoms with Crippen LogP contribution in [0.2, 0.25) is 0 Å². The van der Waals surface area contributed by atoms with Gasteiger partial charge in [-0.25, -0.2) is 0 Å². The third-order valence-electron chi connectivity index (χ3n) is 2.04. The van der Waals surface area contributed by atoms with Crippen LogP contribution in [0.1, 0.15) is 0 Å². The van der Waals surface area contributed by atoms with Crippen molar-refractivity contribution in [2.75, 3.05) is 26.2 Å². The third kappa shape index (κ3) is 1.52. The van der Waals surface area contributed by atoms with E-state index in [1.54, 1.807) is 0 Å². The van der Waals surface area contributed by atoms with E-state index in [9.17, 15) is 9.59 Å². The maximum atomic E-state index is 10.8. The molecule has 0 radical (unpaired) electrons. The number of carbonyl (C=O) groups is 2. The third-order valence-corrected chi connectivity index (χ3v) is 2.04. The fourth-order valence-electron chi connectivity index (χ4n) is 1.36. The molecule has 2 heterocycles. The first-order valence-corrected chi connectivity index (χ1v) is 4.17. The van der Waals surface area contributed by atoms with Crippen molar-refractivity contribution >= 4 is 17.8 Å². The highest BCUT2D eigenvalue weighted by Gasteiger charge is 2.27. The van der Waals surface area contributed by atoms with Gasteiger partial charge < -0.3 is 10.2 Å². The van der Waals surface area contributed by atoms with Crippen molar-refractivity contribution in [2.24, 2.45) is 4.99 Å². The van der Waals surface area contributed by atoms with Crippen molar-refractivity contribution in [3.63, 3.8) is 0 Å². The molecule has 0 saturated carbocycles. The smallest absolute Gasteiger partial charge is 0.338 e. The van der Waals surface area contributed by atoms with Crippen LogP contribution in [0.15, 0.2) is 4.99 Å². The highest BCUT2D eigenvalue weighted by Crippen LogP contribution is 1.98.